The van der Waals surface area contributed by atoms with E-state index in [-0.39, 0.29) is 0 Å². The van der Waals surface area contributed by atoms with Crippen molar-refractivity contribution in [3.8, 4) is 0 Å². The van der Waals surface area contributed by atoms with Crippen LogP contribution in [0, 0.1) is 0 Å². The molecule has 0 saturated carbocycles. The van der Waals surface area contributed by atoms with Crippen LogP contribution in [0.15, 0.2) is 33.1 Å². The summed E-state index contributed by atoms with van der Waals surface area (Å²) in [6.07, 6.45) is 6.85. The first kappa shape index (κ1) is 14.9. The fraction of sp³-hybridized carbons (Fsp3) is 0.467. The molecule has 1 aliphatic rings. The second kappa shape index (κ2) is 6.85. The normalized spacial score (nSPS) is 14.8. The molecular weight excluding hydrogens is 300 g/mol. The molecule has 0 unspecified atom stereocenters. The molecule has 2 aromatic rings. The third kappa shape index (κ3) is 3.12. The Morgan fingerprint density at radius 2 is 2.05 bits per heavy atom. The van der Waals surface area contributed by atoms with Gasteiger partial charge in [0.15, 0.2) is 5.16 Å². The van der Waals surface area contributed by atoms with E-state index in [4.69, 9.17) is 5.73 Å². The molecule has 3 rings (SSSR count). The average molecular weight is 320 g/mol. The molecule has 0 saturated heterocycles. The summed E-state index contributed by atoms with van der Waals surface area (Å²) in [7, 11) is 0. The molecule has 2 N–H and O–H groups in total. The molecule has 0 radical (unpaired) electrons. The van der Waals surface area contributed by atoms with Gasteiger partial charge >= 0.3 is 0 Å². The molecule has 0 fully saturated rings. The molecule has 0 aliphatic carbocycles. The Morgan fingerprint density at radius 3 is 2.86 bits per heavy atom. The minimum atomic E-state index is 0.556. The van der Waals surface area contributed by atoms with E-state index in [0.29, 0.717) is 6.54 Å². The van der Waals surface area contributed by atoms with Gasteiger partial charge in [0.25, 0.3) is 0 Å². The lowest BCUT2D eigenvalue weighted by molar-refractivity contribution is 0.591. The number of fused-ring (bicyclic) bond motifs is 1. The Morgan fingerprint density at radius 1 is 1.19 bits per heavy atom. The van der Waals surface area contributed by atoms with Gasteiger partial charge in [-0.1, -0.05) is 12.5 Å². The number of benzene rings is 1. The van der Waals surface area contributed by atoms with Gasteiger partial charge < -0.3 is 10.3 Å². The smallest absolute Gasteiger partial charge is 0.196 e. The quantitative estimate of drug-likeness (QED) is 0.876. The van der Waals surface area contributed by atoms with Crippen molar-refractivity contribution < 1.29 is 0 Å². The lowest BCUT2D eigenvalue weighted by Crippen LogP contribution is -2.04. The molecule has 4 nitrogen and oxygen atoms in total. The molecule has 0 atom stereocenters. The van der Waals surface area contributed by atoms with Gasteiger partial charge in [-0.3, -0.25) is 0 Å². The summed E-state index contributed by atoms with van der Waals surface area (Å²) < 4.78 is 2.28. The third-order valence-corrected chi connectivity index (χ3v) is 5.70. The molecule has 0 spiro atoms. The number of hydrogen-bond acceptors (Lipinski definition) is 5. The standard InChI is InChI=1S/C15H20N4S2/c1-20-12-6-5-7-13(11(12)10-16)21-15-18-17-14-8-3-2-4-9-19(14)15/h5-7H,2-4,8-10,16H2,1H3. The van der Waals surface area contributed by atoms with Crippen LogP contribution < -0.4 is 5.73 Å². The van der Waals surface area contributed by atoms with Crippen LogP contribution in [-0.2, 0) is 19.5 Å². The van der Waals surface area contributed by atoms with Crippen molar-refractivity contribution in [2.75, 3.05) is 6.26 Å². The molecule has 1 aromatic heterocycles. The van der Waals surface area contributed by atoms with E-state index in [1.54, 1.807) is 23.5 Å². The minimum absolute atomic E-state index is 0.556. The molecule has 6 heteroatoms. The number of nitrogens with zero attached hydrogens (tertiary/aromatic N) is 3. The number of aromatic nitrogens is 3. The zero-order valence-electron chi connectivity index (χ0n) is 12.2. The van der Waals surface area contributed by atoms with Crippen LogP contribution in [0.4, 0.5) is 0 Å². The largest absolute Gasteiger partial charge is 0.326 e. The Balaban J connectivity index is 1.92. The van der Waals surface area contributed by atoms with Crippen LogP contribution in [0.25, 0.3) is 0 Å². The van der Waals surface area contributed by atoms with Crippen molar-refractivity contribution in [2.45, 2.75) is 53.7 Å². The number of nitrogens with two attached hydrogens (primary N) is 1. The molecule has 1 aliphatic heterocycles. The summed E-state index contributed by atoms with van der Waals surface area (Å²) in [4.78, 5) is 2.45. The number of thioether (sulfide) groups is 1. The van der Waals surface area contributed by atoms with Gasteiger partial charge in [-0.25, -0.2) is 0 Å². The summed E-state index contributed by atoms with van der Waals surface area (Å²) >= 11 is 3.44. The number of aryl methyl sites for hydroxylation is 1. The molecule has 1 aromatic carbocycles. The third-order valence-electron chi connectivity index (χ3n) is 3.79. The minimum Gasteiger partial charge on any atom is -0.326 e. The lowest BCUT2D eigenvalue weighted by Gasteiger charge is -2.12. The van der Waals surface area contributed by atoms with Gasteiger partial charge in [-0.05, 0) is 48.6 Å². The van der Waals surface area contributed by atoms with Gasteiger partial charge in [0.05, 0.1) is 0 Å². The van der Waals surface area contributed by atoms with Crippen LogP contribution in [0.3, 0.4) is 0 Å². The van der Waals surface area contributed by atoms with Crippen molar-refractivity contribution in [3.63, 3.8) is 0 Å². The topological polar surface area (TPSA) is 56.7 Å². The summed E-state index contributed by atoms with van der Waals surface area (Å²) in [5, 5.41) is 9.76. The summed E-state index contributed by atoms with van der Waals surface area (Å²) in [5.74, 6) is 1.13. The highest BCUT2D eigenvalue weighted by Crippen LogP contribution is 2.34. The maximum Gasteiger partial charge on any atom is 0.196 e. The van der Waals surface area contributed by atoms with Crippen molar-refractivity contribution in [1.29, 1.82) is 0 Å². The average Bonchev–Trinajstić information content (AvgIpc) is 2.74. The first-order valence-electron chi connectivity index (χ1n) is 7.29. The number of rotatable bonds is 4. The van der Waals surface area contributed by atoms with Crippen LogP contribution in [0.5, 0.6) is 0 Å². The van der Waals surface area contributed by atoms with Crippen molar-refractivity contribution in [3.05, 3.63) is 29.6 Å². The Labute approximate surface area is 133 Å². The van der Waals surface area contributed by atoms with E-state index < -0.39 is 0 Å². The van der Waals surface area contributed by atoms with Gasteiger partial charge in [0.2, 0.25) is 0 Å². The van der Waals surface area contributed by atoms with E-state index in [1.807, 2.05) is 0 Å². The first-order chi connectivity index (χ1) is 10.3. The Bertz CT molecular complexity index is 624. The summed E-state index contributed by atoms with van der Waals surface area (Å²) in [5.41, 5.74) is 7.16. The Hall–Kier alpha value is -0.980. The SMILES string of the molecule is CSc1cccc(Sc2nnc3n2CCCCC3)c1CN. The lowest BCUT2D eigenvalue weighted by atomic mass is 10.2. The van der Waals surface area contributed by atoms with E-state index in [9.17, 15) is 0 Å². The summed E-state index contributed by atoms with van der Waals surface area (Å²) in [6, 6.07) is 6.35. The van der Waals surface area contributed by atoms with Crippen LogP contribution in [-0.4, -0.2) is 21.0 Å². The monoisotopic (exact) mass is 320 g/mol. The van der Waals surface area contributed by atoms with Crippen LogP contribution >= 0.6 is 23.5 Å². The van der Waals surface area contributed by atoms with Crippen LogP contribution in [0.1, 0.15) is 30.7 Å². The maximum absolute atomic E-state index is 5.95. The molecular formula is C15H20N4S2. The summed E-state index contributed by atoms with van der Waals surface area (Å²) in [6.45, 7) is 1.59. The highest BCUT2D eigenvalue weighted by Gasteiger charge is 2.17. The molecule has 2 heterocycles. The molecule has 112 valence electrons. The van der Waals surface area contributed by atoms with E-state index >= 15 is 0 Å². The maximum atomic E-state index is 5.95. The van der Waals surface area contributed by atoms with Gasteiger partial charge in [0.1, 0.15) is 5.82 Å². The van der Waals surface area contributed by atoms with E-state index in [0.717, 1.165) is 23.9 Å². The van der Waals surface area contributed by atoms with Gasteiger partial charge in [-0.2, -0.15) is 0 Å². The predicted octanol–water partition coefficient (Wildman–Crippen LogP) is 3.34. The van der Waals surface area contributed by atoms with Gasteiger partial charge in [-0.15, -0.1) is 22.0 Å². The predicted molar refractivity (Wildman–Crippen MR) is 87.8 cm³/mol. The van der Waals surface area contributed by atoms with E-state index in [1.165, 1.54) is 34.6 Å². The molecule has 0 amide bonds. The first-order valence-corrected chi connectivity index (χ1v) is 9.33. The van der Waals surface area contributed by atoms with Crippen molar-refractivity contribution in [1.82, 2.24) is 14.8 Å². The van der Waals surface area contributed by atoms with Gasteiger partial charge in [0, 0.05) is 29.3 Å². The highest BCUT2D eigenvalue weighted by atomic mass is 32.2. The second-order valence-corrected chi connectivity index (χ2v) is 6.96. The Kier molecular flexibility index (Phi) is 4.87. The molecule has 21 heavy (non-hydrogen) atoms. The van der Waals surface area contributed by atoms with Crippen molar-refractivity contribution in [2.24, 2.45) is 5.73 Å². The fourth-order valence-corrected chi connectivity index (χ4v) is 4.43. The zero-order valence-corrected chi connectivity index (χ0v) is 13.8. The van der Waals surface area contributed by atoms with Crippen molar-refractivity contribution >= 4 is 23.5 Å². The van der Waals surface area contributed by atoms with Crippen LogP contribution in [0.2, 0.25) is 0 Å². The second-order valence-electron chi connectivity index (χ2n) is 5.10. The fourth-order valence-electron chi connectivity index (χ4n) is 2.67. The zero-order chi connectivity index (χ0) is 14.7. The highest BCUT2D eigenvalue weighted by molar-refractivity contribution is 7.99. The van der Waals surface area contributed by atoms with E-state index in [2.05, 4.69) is 39.2 Å². The number of hydrogen-bond donors (Lipinski definition) is 1. The molecule has 0 bridgehead atoms.